The van der Waals surface area contributed by atoms with Crippen LogP contribution in [0.5, 0.6) is 11.5 Å². The van der Waals surface area contributed by atoms with Crippen LogP contribution in [0.15, 0.2) is 52.7 Å². The third-order valence-electron chi connectivity index (χ3n) is 4.56. The lowest BCUT2D eigenvalue weighted by atomic mass is 10.1. The van der Waals surface area contributed by atoms with Crippen molar-refractivity contribution in [3.05, 3.63) is 53.7 Å². The lowest BCUT2D eigenvalue weighted by Crippen LogP contribution is -2.43. The van der Waals surface area contributed by atoms with E-state index in [0.29, 0.717) is 27.9 Å². The number of hydrogen-bond acceptors (Lipinski definition) is 7. The van der Waals surface area contributed by atoms with E-state index in [1.54, 1.807) is 44.7 Å². The van der Waals surface area contributed by atoms with Crippen molar-refractivity contribution in [2.75, 3.05) is 19.5 Å². The number of methoxy groups -OCH3 is 2. The van der Waals surface area contributed by atoms with Crippen molar-refractivity contribution < 1.29 is 27.1 Å². The molecule has 170 valence electrons. The van der Waals surface area contributed by atoms with E-state index in [-0.39, 0.29) is 11.3 Å². The first kappa shape index (κ1) is 23.6. The largest absolute Gasteiger partial charge is 0.497 e. The molecule has 8 nitrogen and oxygen atoms in total. The molecule has 2 aromatic carbocycles. The predicted molar refractivity (Wildman–Crippen MR) is 120 cm³/mol. The number of nitrogens with zero attached hydrogens (tertiary/aromatic N) is 1. The van der Waals surface area contributed by atoms with Gasteiger partial charge < -0.3 is 14.8 Å². The molecule has 3 aromatic rings. The first-order chi connectivity index (χ1) is 15.3. The first-order valence-electron chi connectivity index (χ1n) is 9.54. The fraction of sp³-hybridized carbons (Fsp3) is 0.238. The Morgan fingerprint density at radius 1 is 1.16 bits per heavy atom. The zero-order valence-corrected chi connectivity index (χ0v) is 19.2. The summed E-state index contributed by atoms with van der Waals surface area (Å²) in [5.41, 5.74) is 1.26. The predicted octanol–water partition coefficient (Wildman–Crippen LogP) is 3.66. The van der Waals surface area contributed by atoms with Crippen LogP contribution in [0.4, 0.5) is 9.52 Å². The Balaban J connectivity index is 1.75. The average Bonchev–Trinajstić information content (AvgIpc) is 3.25. The molecule has 1 amide bonds. The summed E-state index contributed by atoms with van der Waals surface area (Å²) in [4.78, 5) is 17.0. The molecular weight excluding hydrogens is 457 g/mol. The number of carbonyl (C=O) groups excluding carboxylic acids is 1. The normalized spacial score (nSPS) is 12.2. The molecule has 0 aliphatic heterocycles. The van der Waals surface area contributed by atoms with Crippen molar-refractivity contribution in [1.29, 1.82) is 0 Å². The molecule has 11 heteroatoms. The van der Waals surface area contributed by atoms with Crippen LogP contribution in [-0.2, 0) is 14.8 Å². The Kier molecular flexibility index (Phi) is 7.44. The topological polar surface area (TPSA) is 107 Å². The molecule has 0 bridgehead atoms. The maximum Gasteiger partial charge on any atom is 0.244 e. The van der Waals surface area contributed by atoms with Gasteiger partial charge in [0, 0.05) is 10.9 Å². The zero-order valence-electron chi connectivity index (χ0n) is 17.6. The van der Waals surface area contributed by atoms with Crippen molar-refractivity contribution in [2.45, 2.75) is 24.3 Å². The molecule has 0 spiro atoms. The van der Waals surface area contributed by atoms with Gasteiger partial charge in [0.2, 0.25) is 15.9 Å². The quantitative estimate of drug-likeness (QED) is 0.485. The highest BCUT2D eigenvalue weighted by Gasteiger charge is 2.25. The van der Waals surface area contributed by atoms with Crippen LogP contribution in [0.1, 0.15) is 13.3 Å². The third kappa shape index (κ3) is 5.42. The van der Waals surface area contributed by atoms with Crippen molar-refractivity contribution in [3.63, 3.8) is 0 Å². The maximum atomic E-state index is 13.1. The summed E-state index contributed by atoms with van der Waals surface area (Å²) < 4.78 is 51.1. The van der Waals surface area contributed by atoms with Crippen LogP contribution in [0.25, 0.3) is 11.3 Å². The minimum atomic E-state index is -4.01. The zero-order chi connectivity index (χ0) is 23.3. The lowest BCUT2D eigenvalue weighted by molar-refractivity contribution is -0.117. The molecule has 0 saturated carbocycles. The smallest absolute Gasteiger partial charge is 0.244 e. The maximum absolute atomic E-state index is 13.1. The van der Waals surface area contributed by atoms with Gasteiger partial charge in [0.15, 0.2) is 5.13 Å². The summed E-state index contributed by atoms with van der Waals surface area (Å²) in [6.45, 7) is 1.67. The van der Waals surface area contributed by atoms with Crippen LogP contribution in [0, 0.1) is 5.82 Å². The van der Waals surface area contributed by atoms with Gasteiger partial charge in [0.05, 0.1) is 24.8 Å². The van der Waals surface area contributed by atoms with Crippen molar-refractivity contribution in [2.24, 2.45) is 0 Å². The second-order valence-electron chi connectivity index (χ2n) is 6.63. The third-order valence-corrected chi connectivity index (χ3v) is 6.81. The number of halogens is 1. The summed E-state index contributed by atoms with van der Waals surface area (Å²) >= 11 is 1.19. The average molecular weight is 480 g/mol. The summed E-state index contributed by atoms with van der Waals surface area (Å²) in [6.07, 6.45) is 0.203. The summed E-state index contributed by atoms with van der Waals surface area (Å²) in [6, 6.07) is 8.60. The lowest BCUT2D eigenvalue weighted by Gasteiger charge is -2.16. The molecule has 1 atom stereocenters. The number of carbonyl (C=O) groups is 1. The summed E-state index contributed by atoms with van der Waals surface area (Å²) in [5.74, 6) is 0.103. The number of thiazole rings is 1. The number of nitrogens with one attached hydrogen (secondary N) is 2. The van der Waals surface area contributed by atoms with E-state index in [4.69, 9.17) is 9.47 Å². The number of ether oxygens (including phenoxy) is 2. The number of anilines is 1. The highest BCUT2D eigenvalue weighted by molar-refractivity contribution is 7.89. The second kappa shape index (κ2) is 10.1. The van der Waals surface area contributed by atoms with E-state index in [1.165, 1.54) is 11.3 Å². The Morgan fingerprint density at radius 3 is 2.50 bits per heavy atom. The van der Waals surface area contributed by atoms with E-state index in [9.17, 15) is 17.6 Å². The van der Waals surface area contributed by atoms with E-state index in [0.717, 1.165) is 24.3 Å². The van der Waals surface area contributed by atoms with Crippen LogP contribution >= 0.6 is 11.3 Å². The molecule has 0 fully saturated rings. The first-order valence-corrected chi connectivity index (χ1v) is 11.9. The van der Waals surface area contributed by atoms with Gasteiger partial charge in [-0.25, -0.2) is 17.8 Å². The summed E-state index contributed by atoms with van der Waals surface area (Å²) in [7, 11) is -0.912. The Bertz CT molecular complexity index is 1200. The summed E-state index contributed by atoms with van der Waals surface area (Å²) in [5, 5.41) is 4.69. The van der Waals surface area contributed by atoms with Crippen LogP contribution in [0.3, 0.4) is 0 Å². The standard InChI is InChI=1S/C21H22FN3O5S2/c1-4-17(25-32(27,28)15-8-5-13(22)6-9-15)20(26)24-21-23-18(12-31-21)16-11-14(29-2)7-10-19(16)30-3/h5-12,17,25H,4H2,1-3H3,(H,23,24,26). The van der Waals surface area contributed by atoms with E-state index >= 15 is 0 Å². The number of benzene rings is 2. The minimum absolute atomic E-state index is 0.133. The molecule has 1 aromatic heterocycles. The van der Waals surface area contributed by atoms with Gasteiger partial charge in [-0.3, -0.25) is 4.79 Å². The molecule has 0 aliphatic carbocycles. The molecule has 0 aliphatic rings. The Hall–Kier alpha value is -3.02. The minimum Gasteiger partial charge on any atom is -0.497 e. The van der Waals surface area contributed by atoms with Gasteiger partial charge >= 0.3 is 0 Å². The number of hydrogen-bond donors (Lipinski definition) is 2. The monoisotopic (exact) mass is 479 g/mol. The van der Waals surface area contributed by atoms with E-state index < -0.39 is 27.8 Å². The molecule has 32 heavy (non-hydrogen) atoms. The van der Waals surface area contributed by atoms with Crippen LogP contribution in [0.2, 0.25) is 0 Å². The number of amides is 1. The molecule has 1 heterocycles. The number of rotatable bonds is 9. The fourth-order valence-electron chi connectivity index (χ4n) is 2.85. The van der Waals surface area contributed by atoms with Gasteiger partial charge in [0.1, 0.15) is 23.4 Å². The number of aromatic nitrogens is 1. The Morgan fingerprint density at radius 2 is 1.88 bits per heavy atom. The molecule has 0 saturated heterocycles. The van der Waals surface area contributed by atoms with E-state index in [2.05, 4.69) is 15.0 Å². The van der Waals surface area contributed by atoms with Crippen LogP contribution in [-0.4, -0.2) is 39.6 Å². The van der Waals surface area contributed by atoms with Gasteiger partial charge in [0.25, 0.3) is 0 Å². The highest BCUT2D eigenvalue weighted by Crippen LogP contribution is 2.35. The second-order valence-corrected chi connectivity index (χ2v) is 9.20. The number of sulfonamides is 1. The molecule has 0 radical (unpaired) electrons. The van der Waals surface area contributed by atoms with Crippen molar-refractivity contribution in [3.8, 4) is 22.8 Å². The van der Waals surface area contributed by atoms with Crippen molar-refractivity contribution >= 4 is 32.4 Å². The fourth-order valence-corrected chi connectivity index (χ4v) is 4.85. The van der Waals surface area contributed by atoms with Gasteiger partial charge in [-0.1, -0.05) is 6.92 Å². The van der Waals surface area contributed by atoms with Gasteiger partial charge in [-0.2, -0.15) is 4.72 Å². The molecule has 2 N–H and O–H groups in total. The molecular formula is C21H22FN3O5S2. The van der Waals surface area contributed by atoms with Crippen molar-refractivity contribution in [1.82, 2.24) is 9.71 Å². The molecule has 1 unspecified atom stereocenters. The van der Waals surface area contributed by atoms with Gasteiger partial charge in [-0.15, -0.1) is 11.3 Å². The Labute approximate surface area is 189 Å². The van der Waals surface area contributed by atoms with Gasteiger partial charge in [-0.05, 0) is 48.9 Å². The van der Waals surface area contributed by atoms with Crippen LogP contribution < -0.4 is 19.5 Å². The van der Waals surface area contributed by atoms with E-state index in [1.807, 2.05) is 0 Å². The molecule has 3 rings (SSSR count). The SMILES string of the molecule is CCC(NS(=O)(=O)c1ccc(F)cc1)C(=O)Nc1nc(-c2cc(OC)ccc2OC)cs1. The highest BCUT2D eigenvalue weighted by atomic mass is 32.2.